The van der Waals surface area contributed by atoms with Crippen molar-refractivity contribution in [1.29, 1.82) is 0 Å². The highest BCUT2D eigenvalue weighted by molar-refractivity contribution is 5.76. The van der Waals surface area contributed by atoms with Crippen molar-refractivity contribution in [3.05, 3.63) is 0 Å². The molecule has 0 aromatic carbocycles. The van der Waals surface area contributed by atoms with Crippen molar-refractivity contribution in [3.63, 3.8) is 0 Å². The second kappa shape index (κ2) is 9.07. The maximum absolute atomic E-state index is 12.1. The molecule has 0 aromatic rings. The average Bonchev–Trinajstić information content (AvgIpc) is 3.11. The van der Waals surface area contributed by atoms with Crippen LogP contribution < -0.4 is 5.32 Å². The molecule has 4 saturated carbocycles. The van der Waals surface area contributed by atoms with Gasteiger partial charge in [-0.2, -0.15) is 0 Å². The highest BCUT2D eigenvalue weighted by atomic mass is 16.3. The van der Waals surface area contributed by atoms with E-state index in [-0.39, 0.29) is 36.2 Å². The van der Waals surface area contributed by atoms with Gasteiger partial charge >= 0.3 is 0 Å². The lowest BCUT2D eigenvalue weighted by Gasteiger charge is -2.56. The third-order valence-electron chi connectivity index (χ3n) is 9.33. The van der Waals surface area contributed by atoms with E-state index in [4.69, 9.17) is 0 Å². The van der Waals surface area contributed by atoms with Crippen LogP contribution in [0.15, 0.2) is 0 Å². The summed E-state index contributed by atoms with van der Waals surface area (Å²) in [4.78, 5) is 12.1. The van der Waals surface area contributed by atoms with Crippen LogP contribution in [-0.4, -0.2) is 45.6 Å². The monoisotopic (exact) mass is 421 g/mol. The van der Waals surface area contributed by atoms with E-state index in [0.29, 0.717) is 47.8 Å². The largest absolute Gasteiger partial charge is 0.393 e. The molecule has 0 spiro atoms. The lowest BCUT2D eigenvalue weighted by atomic mass is 9.51. The minimum absolute atomic E-state index is 0.129. The highest BCUT2D eigenvalue weighted by Crippen LogP contribution is 2.60. The number of carbonyl (C=O) groups excluding carboxylic acids is 1. The molecule has 172 valence electrons. The van der Waals surface area contributed by atoms with E-state index >= 15 is 0 Å². The summed E-state index contributed by atoms with van der Waals surface area (Å²) in [6.07, 6.45) is 7.28. The zero-order chi connectivity index (χ0) is 21.6. The number of rotatable bonds is 5. The first-order valence-electron chi connectivity index (χ1n) is 12.6. The number of aliphatic hydroxyl groups is 3. The van der Waals surface area contributed by atoms with Crippen molar-refractivity contribution in [2.24, 2.45) is 47.3 Å². The van der Waals surface area contributed by atoms with Crippen LogP contribution >= 0.6 is 0 Å². The fourth-order valence-electron chi connectivity index (χ4n) is 8.24. The Labute approximate surface area is 182 Å². The Bertz CT molecular complexity index is 610. The maximum atomic E-state index is 12.1. The molecule has 4 N–H and O–H groups in total. The molecule has 11 atom stereocenters. The standard InChI is InChI=1S/C25H43NO4/c1-13(2)26-23(30)9-4-14(3)17-7-8-19-24(17)22(29)12-20-18-6-5-16(27)10-15(18)11-21(28)25(19)20/h13-22,24-25,27-29H,4-12H2,1-3H3,(H,26,30). The van der Waals surface area contributed by atoms with Crippen molar-refractivity contribution in [3.8, 4) is 0 Å². The van der Waals surface area contributed by atoms with Gasteiger partial charge in [0.1, 0.15) is 0 Å². The molecule has 30 heavy (non-hydrogen) atoms. The van der Waals surface area contributed by atoms with Gasteiger partial charge in [0, 0.05) is 12.5 Å². The first-order chi connectivity index (χ1) is 14.3. The van der Waals surface area contributed by atoms with Crippen LogP contribution in [0.5, 0.6) is 0 Å². The first-order valence-corrected chi connectivity index (χ1v) is 12.6. The van der Waals surface area contributed by atoms with Gasteiger partial charge < -0.3 is 20.6 Å². The fraction of sp³-hybridized carbons (Fsp3) is 0.960. The third-order valence-corrected chi connectivity index (χ3v) is 9.33. The molecular formula is C25H43NO4. The lowest BCUT2D eigenvalue weighted by molar-refractivity contribution is -0.146. The van der Waals surface area contributed by atoms with Gasteiger partial charge in [-0.05, 0) is 113 Å². The molecule has 4 aliphatic carbocycles. The minimum Gasteiger partial charge on any atom is -0.393 e. The molecule has 1 amide bonds. The molecule has 0 heterocycles. The van der Waals surface area contributed by atoms with E-state index in [1.54, 1.807) is 0 Å². The van der Waals surface area contributed by atoms with Crippen molar-refractivity contribution in [2.75, 3.05) is 0 Å². The van der Waals surface area contributed by atoms with E-state index in [9.17, 15) is 20.1 Å². The molecule has 11 unspecified atom stereocenters. The van der Waals surface area contributed by atoms with E-state index in [1.165, 1.54) is 0 Å². The van der Waals surface area contributed by atoms with E-state index < -0.39 is 0 Å². The van der Waals surface area contributed by atoms with Crippen molar-refractivity contribution in [1.82, 2.24) is 5.32 Å². The Hall–Kier alpha value is -0.650. The number of carbonyl (C=O) groups is 1. The topological polar surface area (TPSA) is 89.8 Å². The summed E-state index contributed by atoms with van der Waals surface area (Å²) in [6, 6.07) is 0.179. The fourth-order valence-corrected chi connectivity index (χ4v) is 8.24. The summed E-state index contributed by atoms with van der Waals surface area (Å²) in [5.74, 6) is 3.40. The molecule has 0 bridgehead atoms. The summed E-state index contributed by atoms with van der Waals surface area (Å²) in [5.41, 5.74) is 0. The number of aliphatic hydroxyl groups excluding tert-OH is 3. The minimum atomic E-state index is -0.285. The number of hydrogen-bond donors (Lipinski definition) is 4. The second-order valence-electron chi connectivity index (χ2n) is 11.5. The van der Waals surface area contributed by atoms with Gasteiger partial charge in [-0.25, -0.2) is 0 Å². The third kappa shape index (κ3) is 4.31. The Balaban J connectivity index is 1.43. The zero-order valence-electron chi connectivity index (χ0n) is 19.0. The Morgan fingerprint density at radius 2 is 1.57 bits per heavy atom. The van der Waals surface area contributed by atoms with Crippen LogP contribution in [0.4, 0.5) is 0 Å². The van der Waals surface area contributed by atoms with Gasteiger partial charge in [-0.1, -0.05) is 6.92 Å². The van der Waals surface area contributed by atoms with E-state index in [0.717, 1.165) is 51.4 Å². The molecule has 4 aliphatic rings. The van der Waals surface area contributed by atoms with E-state index in [2.05, 4.69) is 12.2 Å². The summed E-state index contributed by atoms with van der Waals surface area (Å²) < 4.78 is 0. The highest BCUT2D eigenvalue weighted by Gasteiger charge is 2.57. The SMILES string of the molecule is CC(C)NC(=O)CCC(C)C1CCC2C1C(O)CC1C3CCC(O)CC3CC(O)C12. The van der Waals surface area contributed by atoms with Gasteiger partial charge in [-0.3, -0.25) is 4.79 Å². The van der Waals surface area contributed by atoms with Gasteiger partial charge in [0.25, 0.3) is 0 Å². The molecule has 0 aromatic heterocycles. The molecule has 5 nitrogen and oxygen atoms in total. The molecule has 0 radical (unpaired) electrons. The van der Waals surface area contributed by atoms with Crippen molar-refractivity contribution in [2.45, 2.75) is 103 Å². The summed E-state index contributed by atoms with van der Waals surface area (Å²) in [6.45, 7) is 6.24. The van der Waals surface area contributed by atoms with Crippen molar-refractivity contribution < 1.29 is 20.1 Å². The Kier molecular flexibility index (Phi) is 6.82. The molecule has 4 rings (SSSR count). The Morgan fingerprint density at radius 3 is 2.30 bits per heavy atom. The maximum Gasteiger partial charge on any atom is 0.220 e. The van der Waals surface area contributed by atoms with Gasteiger partial charge in [0.2, 0.25) is 5.91 Å². The second-order valence-corrected chi connectivity index (χ2v) is 11.5. The lowest BCUT2D eigenvalue weighted by Crippen LogP contribution is -2.55. The first kappa shape index (κ1) is 22.5. The van der Waals surface area contributed by atoms with Crippen LogP contribution in [0.2, 0.25) is 0 Å². The van der Waals surface area contributed by atoms with Gasteiger partial charge in [0.05, 0.1) is 18.3 Å². The quantitative estimate of drug-likeness (QED) is 0.549. The predicted molar refractivity (Wildman–Crippen MR) is 116 cm³/mol. The zero-order valence-corrected chi connectivity index (χ0v) is 19.0. The summed E-state index contributed by atoms with van der Waals surface area (Å²) in [7, 11) is 0. The Morgan fingerprint density at radius 1 is 0.867 bits per heavy atom. The van der Waals surface area contributed by atoms with Gasteiger partial charge in [0.15, 0.2) is 0 Å². The molecule has 4 fully saturated rings. The van der Waals surface area contributed by atoms with Crippen LogP contribution in [0.25, 0.3) is 0 Å². The molecule has 5 heteroatoms. The summed E-state index contributed by atoms with van der Waals surface area (Å²) in [5, 5.41) is 35.5. The summed E-state index contributed by atoms with van der Waals surface area (Å²) >= 11 is 0. The normalized spacial score (nSPS) is 46.6. The number of amides is 1. The number of nitrogens with one attached hydrogen (secondary N) is 1. The van der Waals surface area contributed by atoms with Gasteiger partial charge in [-0.15, -0.1) is 0 Å². The molecule has 0 saturated heterocycles. The van der Waals surface area contributed by atoms with Crippen LogP contribution in [0.3, 0.4) is 0 Å². The van der Waals surface area contributed by atoms with Crippen LogP contribution in [0, 0.1) is 47.3 Å². The molecular weight excluding hydrogens is 378 g/mol. The number of fused-ring (bicyclic) bond motifs is 5. The predicted octanol–water partition coefficient (Wildman–Crippen LogP) is 3.11. The van der Waals surface area contributed by atoms with Crippen LogP contribution in [-0.2, 0) is 4.79 Å². The number of hydrogen-bond acceptors (Lipinski definition) is 4. The van der Waals surface area contributed by atoms with E-state index in [1.807, 2.05) is 13.8 Å². The molecule has 0 aliphatic heterocycles. The van der Waals surface area contributed by atoms with Crippen LogP contribution in [0.1, 0.15) is 78.6 Å². The smallest absolute Gasteiger partial charge is 0.220 e. The van der Waals surface area contributed by atoms with Crippen molar-refractivity contribution >= 4 is 5.91 Å². The average molecular weight is 422 g/mol.